The van der Waals surface area contributed by atoms with Crippen LogP contribution in [0.15, 0.2) is 58.9 Å². The molecule has 1 N–H and O–H groups in total. The Balaban J connectivity index is 1.24. The number of thiazole rings is 1. The molecule has 0 unspecified atom stereocenters. The van der Waals surface area contributed by atoms with E-state index in [2.05, 4.69) is 20.8 Å². The summed E-state index contributed by atoms with van der Waals surface area (Å²) in [4.78, 5) is 21.7. The van der Waals surface area contributed by atoms with Gasteiger partial charge in [-0.05, 0) is 37.3 Å². The number of carbonyl (C=O) groups is 1. The standard InChI is InChI=1S/C25H27ClN5O3S2/c1-17-16-29(21-5-7-22(8-6-21)36(33,34)28-25-27-10-14-35-25)12-13-30(17)24(32)18(2)31-11-9-19-3-4-20(26)15-23(19)31/h3-8,10-11,14-15,17-18H,9,12-13,16H2,1-2H3,(H,27,28)/q+1/t17-,18-/m1/s1. The molecule has 5 rings (SSSR count). The van der Waals surface area contributed by atoms with Crippen LogP contribution in [-0.2, 0) is 21.2 Å². The summed E-state index contributed by atoms with van der Waals surface area (Å²) in [5, 5.41) is 2.71. The molecule has 11 heteroatoms. The number of halogens is 1. The van der Waals surface area contributed by atoms with E-state index in [9.17, 15) is 13.2 Å². The van der Waals surface area contributed by atoms with Crippen LogP contribution in [0.5, 0.6) is 0 Å². The maximum atomic E-state index is 13.5. The molecule has 2 aliphatic rings. The fraction of sp³-hybridized carbons (Fsp3) is 0.320. The second-order valence-electron chi connectivity index (χ2n) is 9.01. The highest BCUT2D eigenvalue weighted by Gasteiger charge is 2.38. The smallest absolute Gasteiger partial charge is 0.291 e. The number of hydrogen-bond donors (Lipinski definition) is 1. The lowest BCUT2D eigenvalue weighted by molar-refractivity contribution is -0.460. The van der Waals surface area contributed by atoms with Crippen LogP contribution >= 0.6 is 22.9 Å². The van der Waals surface area contributed by atoms with E-state index in [1.807, 2.05) is 53.7 Å². The van der Waals surface area contributed by atoms with E-state index in [-0.39, 0.29) is 22.9 Å². The van der Waals surface area contributed by atoms with E-state index in [4.69, 9.17) is 11.6 Å². The highest BCUT2D eigenvalue weighted by atomic mass is 35.5. The van der Waals surface area contributed by atoms with Crippen LogP contribution < -0.4 is 9.62 Å². The van der Waals surface area contributed by atoms with E-state index in [1.165, 1.54) is 16.9 Å². The molecule has 0 saturated carbocycles. The summed E-state index contributed by atoms with van der Waals surface area (Å²) >= 11 is 7.43. The average Bonchev–Trinajstić information content (AvgIpc) is 3.52. The number of anilines is 2. The van der Waals surface area contributed by atoms with Crippen molar-refractivity contribution in [3.05, 3.63) is 64.6 Å². The first-order chi connectivity index (χ1) is 17.2. The van der Waals surface area contributed by atoms with Crippen molar-refractivity contribution in [2.24, 2.45) is 0 Å². The fourth-order valence-electron chi connectivity index (χ4n) is 4.77. The number of piperazine rings is 1. The van der Waals surface area contributed by atoms with Crippen LogP contribution in [-0.4, -0.2) is 66.7 Å². The Bertz CT molecular complexity index is 1410. The Hall–Kier alpha value is -2.95. The van der Waals surface area contributed by atoms with Gasteiger partial charge in [0.15, 0.2) is 11.3 Å². The zero-order valence-corrected chi connectivity index (χ0v) is 22.4. The molecule has 3 heterocycles. The van der Waals surface area contributed by atoms with E-state index in [0.29, 0.717) is 29.8 Å². The van der Waals surface area contributed by atoms with Crippen LogP contribution in [0.4, 0.5) is 16.5 Å². The quantitative estimate of drug-likeness (QED) is 0.474. The van der Waals surface area contributed by atoms with E-state index in [1.54, 1.807) is 23.7 Å². The molecule has 1 aromatic heterocycles. The van der Waals surface area contributed by atoms with Crippen molar-refractivity contribution in [1.29, 1.82) is 0 Å². The topological polar surface area (TPSA) is 85.6 Å². The molecule has 1 amide bonds. The van der Waals surface area contributed by atoms with Gasteiger partial charge in [-0.3, -0.25) is 9.52 Å². The Labute approximate surface area is 219 Å². The second-order valence-corrected chi connectivity index (χ2v) is 12.0. The Morgan fingerprint density at radius 1 is 1.22 bits per heavy atom. The van der Waals surface area contributed by atoms with Gasteiger partial charge >= 0.3 is 0 Å². The summed E-state index contributed by atoms with van der Waals surface area (Å²) in [7, 11) is -3.69. The fourth-order valence-corrected chi connectivity index (χ4v) is 6.73. The molecule has 0 radical (unpaired) electrons. The molecule has 8 nitrogen and oxygen atoms in total. The predicted molar refractivity (Wildman–Crippen MR) is 143 cm³/mol. The van der Waals surface area contributed by atoms with Gasteiger partial charge in [-0.2, -0.15) is 4.58 Å². The number of fused-ring (bicyclic) bond motifs is 1. The lowest BCUT2D eigenvalue weighted by Gasteiger charge is -2.41. The van der Waals surface area contributed by atoms with Crippen molar-refractivity contribution in [1.82, 2.24) is 9.88 Å². The third-order valence-electron chi connectivity index (χ3n) is 6.68. The monoisotopic (exact) mass is 544 g/mol. The molecule has 0 aliphatic carbocycles. The molecule has 0 spiro atoms. The van der Waals surface area contributed by atoms with Gasteiger partial charge in [0.2, 0.25) is 11.7 Å². The van der Waals surface area contributed by atoms with Crippen molar-refractivity contribution < 1.29 is 17.8 Å². The molecule has 2 aromatic carbocycles. The number of amides is 1. The van der Waals surface area contributed by atoms with Gasteiger partial charge in [0.05, 0.1) is 11.3 Å². The van der Waals surface area contributed by atoms with Crippen molar-refractivity contribution in [2.45, 2.75) is 37.2 Å². The van der Waals surface area contributed by atoms with Gasteiger partial charge in [-0.1, -0.05) is 17.7 Å². The summed E-state index contributed by atoms with van der Waals surface area (Å²) in [6.45, 7) is 5.90. The first kappa shape index (κ1) is 24.7. The number of sulfonamides is 1. The third-order valence-corrected chi connectivity index (χ3v) is 9.09. The molecular weight excluding hydrogens is 518 g/mol. The summed E-state index contributed by atoms with van der Waals surface area (Å²) in [5.41, 5.74) is 3.09. The minimum Gasteiger partial charge on any atom is -0.368 e. The van der Waals surface area contributed by atoms with Crippen molar-refractivity contribution in [2.75, 3.05) is 29.3 Å². The van der Waals surface area contributed by atoms with Gasteiger partial charge in [0.1, 0.15) is 0 Å². The molecule has 0 bridgehead atoms. The number of hydrogen-bond acceptors (Lipinski definition) is 6. The first-order valence-electron chi connectivity index (χ1n) is 11.7. The highest BCUT2D eigenvalue weighted by Crippen LogP contribution is 2.30. The molecule has 2 atom stereocenters. The first-order valence-corrected chi connectivity index (χ1v) is 14.4. The Morgan fingerprint density at radius 2 is 2.00 bits per heavy atom. The van der Waals surface area contributed by atoms with Gasteiger partial charge in [0, 0.05) is 66.5 Å². The van der Waals surface area contributed by atoms with Gasteiger partial charge in [-0.15, -0.1) is 11.3 Å². The number of nitrogens with one attached hydrogen (secondary N) is 1. The van der Waals surface area contributed by atoms with Crippen LogP contribution in [0.25, 0.3) is 0 Å². The molecule has 3 aromatic rings. The Kier molecular flexibility index (Phi) is 6.76. The summed E-state index contributed by atoms with van der Waals surface area (Å²) in [6, 6.07) is 12.3. The van der Waals surface area contributed by atoms with Crippen LogP contribution in [0, 0.1) is 0 Å². The number of benzene rings is 2. The van der Waals surface area contributed by atoms with Gasteiger partial charge in [0.25, 0.3) is 15.9 Å². The average molecular weight is 545 g/mol. The number of nitrogens with zero attached hydrogens (tertiary/aromatic N) is 4. The number of rotatable bonds is 6. The minimum atomic E-state index is -3.69. The second kappa shape index (κ2) is 9.84. The zero-order chi connectivity index (χ0) is 25.4. The number of carbonyl (C=O) groups excluding carboxylic acids is 1. The molecule has 188 valence electrons. The van der Waals surface area contributed by atoms with Crippen LogP contribution in [0.1, 0.15) is 19.4 Å². The number of aromatic nitrogens is 1. The molecular formula is C25H27ClN5O3S2+. The maximum absolute atomic E-state index is 13.5. The molecule has 2 aliphatic heterocycles. The third kappa shape index (κ3) is 4.85. The van der Waals surface area contributed by atoms with E-state index >= 15 is 0 Å². The van der Waals surface area contributed by atoms with Crippen molar-refractivity contribution in [3.63, 3.8) is 0 Å². The Morgan fingerprint density at radius 3 is 2.69 bits per heavy atom. The minimum absolute atomic E-state index is 0.00473. The normalized spacial score (nSPS) is 18.5. The van der Waals surface area contributed by atoms with Crippen LogP contribution in [0.2, 0.25) is 5.02 Å². The molecule has 36 heavy (non-hydrogen) atoms. The van der Waals surface area contributed by atoms with Crippen LogP contribution in [0.3, 0.4) is 0 Å². The highest BCUT2D eigenvalue weighted by molar-refractivity contribution is 7.93. The lowest BCUT2D eigenvalue weighted by Crippen LogP contribution is -2.57. The van der Waals surface area contributed by atoms with Crippen molar-refractivity contribution >= 4 is 61.6 Å². The largest absolute Gasteiger partial charge is 0.368 e. The summed E-state index contributed by atoms with van der Waals surface area (Å²) in [5.74, 6) is 0.0842. The maximum Gasteiger partial charge on any atom is 0.291 e. The summed E-state index contributed by atoms with van der Waals surface area (Å²) in [6.07, 6.45) is 4.40. The molecule has 1 saturated heterocycles. The summed E-state index contributed by atoms with van der Waals surface area (Å²) < 4.78 is 29.7. The molecule has 1 fully saturated rings. The lowest BCUT2D eigenvalue weighted by atomic mass is 10.1. The van der Waals surface area contributed by atoms with Gasteiger partial charge in [-0.25, -0.2) is 13.4 Å². The van der Waals surface area contributed by atoms with E-state index < -0.39 is 10.0 Å². The van der Waals surface area contributed by atoms with Crippen molar-refractivity contribution in [3.8, 4) is 0 Å². The zero-order valence-electron chi connectivity index (χ0n) is 20.0. The predicted octanol–water partition coefficient (Wildman–Crippen LogP) is 3.99. The van der Waals surface area contributed by atoms with E-state index in [0.717, 1.165) is 17.8 Å². The SMILES string of the molecule is C[C@@H]1CN(c2ccc(S(=O)(=O)Nc3nccs3)cc2)CCN1C(=O)[C@@H](C)[N+]1=CCc2ccc(Cl)cc21. The van der Waals surface area contributed by atoms with Gasteiger partial charge < -0.3 is 9.80 Å².